The smallest absolute Gasteiger partial charge is 0.267 e. The molecule has 0 aliphatic rings. The molecule has 0 fully saturated rings. The normalized spacial score (nSPS) is 10.5. The average Bonchev–Trinajstić information content (AvgIpc) is 2.24. The molecule has 1 N–H and O–H groups in total. The summed E-state index contributed by atoms with van der Waals surface area (Å²) in [5.74, 6) is -0.246. The van der Waals surface area contributed by atoms with Crippen molar-refractivity contribution in [3.05, 3.63) is 34.9 Å². The number of carbonyl (C=O) groups is 1. The van der Waals surface area contributed by atoms with Gasteiger partial charge in [0, 0.05) is 16.8 Å². The number of hydrazone groups is 1. The molecular weight excluding hydrogens is 212 g/mol. The molecule has 0 aliphatic heterocycles. The highest BCUT2D eigenvalue weighted by Crippen LogP contribution is 2.10. The third kappa shape index (κ3) is 4.13. The van der Waals surface area contributed by atoms with Crippen molar-refractivity contribution >= 4 is 23.7 Å². The molecule has 1 amide bonds. The lowest BCUT2D eigenvalue weighted by Crippen LogP contribution is -2.17. The first-order valence-electron chi connectivity index (χ1n) is 4.81. The molecule has 15 heavy (non-hydrogen) atoms. The first-order valence-corrected chi connectivity index (χ1v) is 5.19. The number of amides is 1. The number of unbranched alkanes of at least 4 members (excludes halogenated alkanes) is 1. The first-order chi connectivity index (χ1) is 7.24. The van der Waals surface area contributed by atoms with Crippen LogP contribution in [0.25, 0.3) is 0 Å². The second kappa shape index (κ2) is 6.19. The minimum atomic E-state index is -0.246. The number of nitrogens with zero attached hydrogens (tertiary/aromatic N) is 1. The fourth-order valence-electron chi connectivity index (χ4n) is 0.992. The van der Waals surface area contributed by atoms with Gasteiger partial charge in [0.05, 0.1) is 0 Å². The maximum Gasteiger partial charge on any atom is 0.271 e. The number of hydrogen-bond acceptors (Lipinski definition) is 2. The van der Waals surface area contributed by atoms with Crippen LogP contribution in [0, 0.1) is 0 Å². The second-order valence-electron chi connectivity index (χ2n) is 3.05. The maximum absolute atomic E-state index is 11.5. The van der Waals surface area contributed by atoms with Crippen molar-refractivity contribution in [1.82, 2.24) is 5.43 Å². The van der Waals surface area contributed by atoms with Gasteiger partial charge in [0.15, 0.2) is 0 Å². The minimum Gasteiger partial charge on any atom is -0.267 e. The van der Waals surface area contributed by atoms with Gasteiger partial charge in [-0.2, -0.15) is 5.10 Å². The second-order valence-corrected chi connectivity index (χ2v) is 3.49. The van der Waals surface area contributed by atoms with Crippen LogP contribution in [0.15, 0.2) is 29.4 Å². The Morgan fingerprint density at radius 1 is 1.60 bits per heavy atom. The van der Waals surface area contributed by atoms with E-state index in [1.54, 1.807) is 30.5 Å². The van der Waals surface area contributed by atoms with Gasteiger partial charge in [-0.15, -0.1) is 0 Å². The molecule has 1 rings (SSSR count). The molecule has 0 heterocycles. The Bertz CT molecular complexity index is 363. The lowest BCUT2D eigenvalue weighted by atomic mass is 10.2. The van der Waals surface area contributed by atoms with E-state index >= 15 is 0 Å². The molecule has 4 heteroatoms. The zero-order chi connectivity index (χ0) is 11.1. The van der Waals surface area contributed by atoms with E-state index < -0.39 is 0 Å². The SMILES string of the molecule is CCCC=NNC(=O)c1cccc(Cl)c1. The topological polar surface area (TPSA) is 41.5 Å². The summed E-state index contributed by atoms with van der Waals surface area (Å²) in [4.78, 5) is 11.5. The summed E-state index contributed by atoms with van der Waals surface area (Å²) in [5.41, 5.74) is 2.94. The van der Waals surface area contributed by atoms with E-state index in [9.17, 15) is 4.79 Å². The predicted octanol–water partition coefficient (Wildman–Crippen LogP) is 2.86. The van der Waals surface area contributed by atoms with Gasteiger partial charge >= 0.3 is 0 Å². The van der Waals surface area contributed by atoms with Crippen LogP contribution in [-0.4, -0.2) is 12.1 Å². The van der Waals surface area contributed by atoms with Crippen molar-refractivity contribution in [3.8, 4) is 0 Å². The van der Waals surface area contributed by atoms with E-state index in [0.717, 1.165) is 12.8 Å². The molecule has 0 radical (unpaired) electrons. The molecule has 1 aromatic carbocycles. The maximum atomic E-state index is 11.5. The van der Waals surface area contributed by atoms with E-state index in [1.165, 1.54) is 0 Å². The van der Waals surface area contributed by atoms with Gasteiger partial charge in [0.2, 0.25) is 0 Å². The Morgan fingerprint density at radius 3 is 3.07 bits per heavy atom. The number of rotatable bonds is 4. The highest BCUT2D eigenvalue weighted by Gasteiger charge is 2.03. The van der Waals surface area contributed by atoms with Crippen molar-refractivity contribution < 1.29 is 4.79 Å². The van der Waals surface area contributed by atoms with Crippen LogP contribution in [0.3, 0.4) is 0 Å². The van der Waals surface area contributed by atoms with Gasteiger partial charge in [-0.1, -0.05) is 31.0 Å². The van der Waals surface area contributed by atoms with Crippen molar-refractivity contribution in [2.45, 2.75) is 19.8 Å². The summed E-state index contributed by atoms with van der Waals surface area (Å²) >= 11 is 5.75. The molecule has 0 saturated heterocycles. The quantitative estimate of drug-likeness (QED) is 0.620. The summed E-state index contributed by atoms with van der Waals surface area (Å²) in [5, 5.41) is 4.34. The van der Waals surface area contributed by atoms with Crippen LogP contribution in [-0.2, 0) is 0 Å². The van der Waals surface area contributed by atoms with Gasteiger partial charge in [0.1, 0.15) is 0 Å². The van der Waals surface area contributed by atoms with Crippen LogP contribution in [0.2, 0.25) is 5.02 Å². The molecule has 1 aromatic rings. The van der Waals surface area contributed by atoms with Gasteiger partial charge < -0.3 is 0 Å². The Balaban J connectivity index is 2.54. The molecule has 0 spiro atoms. The van der Waals surface area contributed by atoms with Crippen LogP contribution in [0.1, 0.15) is 30.1 Å². The molecule has 0 unspecified atom stereocenters. The molecule has 0 aliphatic carbocycles. The van der Waals surface area contributed by atoms with E-state index in [-0.39, 0.29) is 5.91 Å². The number of benzene rings is 1. The minimum absolute atomic E-state index is 0.246. The first kappa shape index (κ1) is 11.7. The van der Waals surface area contributed by atoms with Crippen LogP contribution in [0.5, 0.6) is 0 Å². The molecule has 0 aromatic heterocycles. The lowest BCUT2D eigenvalue weighted by Gasteiger charge is -1.99. The monoisotopic (exact) mass is 224 g/mol. The molecule has 3 nitrogen and oxygen atoms in total. The highest BCUT2D eigenvalue weighted by molar-refractivity contribution is 6.30. The molecular formula is C11H13ClN2O. The predicted molar refractivity (Wildman–Crippen MR) is 62.3 cm³/mol. The van der Waals surface area contributed by atoms with E-state index in [2.05, 4.69) is 10.5 Å². The number of halogens is 1. The molecule has 0 atom stereocenters. The standard InChI is InChI=1S/C11H13ClN2O/c1-2-3-7-13-14-11(15)9-5-4-6-10(12)8-9/h4-8H,2-3H2,1H3,(H,14,15). The summed E-state index contributed by atoms with van der Waals surface area (Å²) < 4.78 is 0. The summed E-state index contributed by atoms with van der Waals surface area (Å²) in [6.45, 7) is 2.05. The molecule has 0 bridgehead atoms. The largest absolute Gasteiger partial charge is 0.271 e. The molecule has 80 valence electrons. The zero-order valence-electron chi connectivity index (χ0n) is 8.53. The van der Waals surface area contributed by atoms with Gasteiger partial charge in [-0.3, -0.25) is 4.79 Å². The van der Waals surface area contributed by atoms with Gasteiger partial charge in [0.25, 0.3) is 5.91 Å². The van der Waals surface area contributed by atoms with Crippen LogP contribution in [0.4, 0.5) is 0 Å². The number of hydrogen-bond donors (Lipinski definition) is 1. The van der Waals surface area contributed by atoms with Gasteiger partial charge in [-0.25, -0.2) is 5.43 Å². The summed E-state index contributed by atoms with van der Waals surface area (Å²) in [6.07, 6.45) is 3.55. The van der Waals surface area contributed by atoms with Gasteiger partial charge in [-0.05, 0) is 24.6 Å². The Morgan fingerprint density at radius 2 is 2.40 bits per heavy atom. The summed E-state index contributed by atoms with van der Waals surface area (Å²) in [6, 6.07) is 6.74. The van der Waals surface area contributed by atoms with E-state index in [1.807, 2.05) is 6.92 Å². The average molecular weight is 225 g/mol. The highest BCUT2D eigenvalue weighted by atomic mass is 35.5. The fraction of sp³-hybridized carbons (Fsp3) is 0.273. The van der Waals surface area contributed by atoms with Crippen LogP contribution >= 0.6 is 11.6 Å². The Hall–Kier alpha value is -1.35. The van der Waals surface area contributed by atoms with Crippen LogP contribution < -0.4 is 5.43 Å². The Labute approximate surface area is 94.1 Å². The lowest BCUT2D eigenvalue weighted by molar-refractivity contribution is 0.0955. The third-order valence-corrected chi connectivity index (χ3v) is 2.00. The Kier molecular flexibility index (Phi) is 4.84. The van der Waals surface area contributed by atoms with Crippen molar-refractivity contribution in [2.24, 2.45) is 5.10 Å². The third-order valence-electron chi connectivity index (χ3n) is 1.76. The number of nitrogens with one attached hydrogen (secondary N) is 1. The molecule has 0 saturated carbocycles. The number of carbonyl (C=O) groups excluding carboxylic acids is 1. The van der Waals surface area contributed by atoms with Crippen molar-refractivity contribution in [1.29, 1.82) is 0 Å². The fourth-order valence-corrected chi connectivity index (χ4v) is 1.18. The van der Waals surface area contributed by atoms with E-state index in [0.29, 0.717) is 10.6 Å². The van der Waals surface area contributed by atoms with Crippen molar-refractivity contribution in [3.63, 3.8) is 0 Å². The van der Waals surface area contributed by atoms with E-state index in [4.69, 9.17) is 11.6 Å². The van der Waals surface area contributed by atoms with Crippen molar-refractivity contribution in [2.75, 3.05) is 0 Å². The summed E-state index contributed by atoms with van der Waals surface area (Å²) in [7, 11) is 0. The zero-order valence-corrected chi connectivity index (χ0v) is 9.29.